The van der Waals surface area contributed by atoms with E-state index in [0.29, 0.717) is 38.7 Å². The van der Waals surface area contributed by atoms with Gasteiger partial charge in [0, 0.05) is 38.8 Å². The zero-order chi connectivity index (χ0) is 19.2. The second-order valence-electron chi connectivity index (χ2n) is 6.10. The molecular formula is C17H24F2N2O4S. The van der Waals surface area contributed by atoms with Crippen LogP contribution in [0.5, 0.6) is 0 Å². The van der Waals surface area contributed by atoms with Gasteiger partial charge in [0.15, 0.2) is 11.6 Å². The molecule has 146 valence electrons. The number of halogens is 2. The van der Waals surface area contributed by atoms with Gasteiger partial charge >= 0.3 is 0 Å². The first-order chi connectivity index (χ1) is 12.4. The third kappa shape index (κ3) is 5.21. The van der Waals surface area contributed by atoms with Gasteiger partial charge in [-0.2, -0.15) is 4.31 Å². The van der Waals surface area contributed by atoms with Crippen LogP contribution in [0.4, 0.5) is 8.78 Å². The Balaban J connectivity index is 1.87. The fraction of sp³-hybridized carbons (Fsp3) is 0.588. The number of sulfonamides is 1. The van der Waals surface area contributed by atoms with Crippen molar-refractivity contribution in [3.05, 3.63) is 29.8 Å². The molecule has 0 atom stereocenters. The lowest BCUT2D eigenvalue weighted by molar-refractivity contribution is -0.126. The molecule has 0 spiro atoms. The molecule has 1 heterocycles. The molecular weight excluding hydrogens is 366 g/mol. The Labute approximate surface area is 152 Å². The standard InChI is InChI=1S/C17H24F2N2O4S/c1-2-25-11-3-8-20-17(22)13-6-9-21(10-7-13)26(23,24)14-4-5-15(18)16(19)12-14/h4-5,12-13H,2-3,6-11H2,1H3,(H,20,22). The van der Waals surface area contributed by atoms with E-state index in [1.54, 1.807) is 0 Å². The quantitative estimate of drug-likeness (QED) is 0.688. The summed E-state index contributed by atoms with van der Waals surface area (Å²) in [6.07, 6.45) is 1.50. The van der Waals surface area contributed by atoms with E-state index >= 15 is 0 Å². The van der Waals surface area contributed by atoms with Crippen molar-refractivity contribution >= 4 is 15.9 Å². The van der Waals surface area contributed by atoms with Gasteiger partial charge in [-0.05, 0) is 44.4 Å². The van der Waals surface area contributed by atoms with Crippen molar-refractivity contribution in [3.63, 3.8) is 0 Å². The van der Waals surface area contributed by atoms with Crippen LogP contribution in [-0.4, -0.2) is 51.5 Å². The predicted octanol–water partition coefficient (Wildman–Crippen LogP) is 1.91. The molecule has 0 radical (unpaired) electrons. The van der Waals surface area contributed by atoms with E-state index in [4.69, 9.17) is 4.74 Å². The van der Waals surface area contributed by atoms with Gasteiger partial charge in [-0.25, -0.2) is 17.2 Å². The van der Waals surface area contributed by atoms with Crippen LogP contribution in [0.3, 0.4) is 0 Å². The second-order valence-corrected chi connectivity index (χ2v) is 8.03. The monoisotopic (exact) mass is 390 g/mol. The highest BCUT2D eigenvalue weighted by Gasteiger charge is 2.32. The Morgan fingerprint density at radius 2 is 1.96 bits per heavy atom. The largest absolute Gasteiger partial charge is 0.382 e. The summed E-state index contributed by atoms with van der Waals surface area (Å²) >= 11 is 0. The molecule has 1 N–H and O–H groups in total. The zero-order valence-electron chi connectivity index (χ0n) is 14.7. The summed E-state index contributed by atoms with van der Waals surface area (Å²) in [5.74, 6) is -2.64. The highest BCUT2D eigenvalue weighted by molar-refractivity contribution is 7.89. The third-order valence-electron chi connectivity index (χ3n) is 4.32. The maximum absolute atomic E-state index is 13.3. The fourth-order valence-electron chi connectivity index (χ4n) is 2.82. The molecule has 0 saturated carbocycles. The Bertz CT molecular complexity index is 719. The van der Waals surface area contributed by atoms with Crippen molar-refractivity contribution in [2.75, 3.05) is 32.8 Å². The molecule has 0 aliphatic carbocycles. The van der Waals surface area contributed by atoms with Crippen molar-refractivity contribution < 1.29 is 26.7 Å². The molecule has 0 unspecified atom stereocenters. The highest BCUT2D eigenvalue weighted by Crippen LogP contribution is 2.24. The summed E-state index contributed by atoms with van der Waals surface area (Å²) in [6.45, 7) is 3.98. The zero-order valence-corrected chi connectivity index (χ0v) is 15.5. The number of amides is 1. The fourth-order valence-corrected chi connectivity index (χ4v) is 4.30. The third-order valence-corrected chi connectivity index (χ3v) is 6.22. The van der Waals surface area contributed by atoms with Gasteiger partial charge in [0.25, 0.3) is 0 Å². The second kappa shape index (κ2) is 9.38. The smallest absolute Gasteiger partial charge is 0.243 e. The number of benzene rings is 1. The van der Waals surface area contributed by atoms with Gasteiger partial charge in [0.1, 0.15) is 0 Å². The van der Waals surface area contributed by atoms with Crippen molar-refractivity contribution in [1.82, 2.24) is 9.62 Å². The molecule has 6 nitrogen and oxygen atoms in total. The van der Waals surface area contributed by atoms with E-state index in [0.717, 1.165) is 18.6 Å². The SMILES string of the molecule is CCOCCCNC(=O)C1CCN(S(=O)(=O)c2ccc(F)c(F)c2)CC1. The van der Waals surface area contributed by atoms with Crippen molar-refractivity contribution in [2.45, 2.75) is 31.1 Å². The van der Waals surface area contributed by atoms with E-state index in [9.17, 15) is 22.0 Å². The van der Waals surface area contributed by atoms with Crippen LogP contribution in [0.2, 0.25) is 0 Å². The summed E-state index contributed by atoms with van der Waals surface area (Å²) in [4.78, 5) is 11.8. The van der Waals surface area contributed by atoms with Gasteiger partial charge < -0.3 is 10.1 Å². The van der Waals surface area contributed by atoms with Crippen LogP contribution in [0.15, 0.2) is 23.1 Å². The normalized spacial score (nSPS) is 16.6. The minimum absolute atomic E-state index is 0.0913. The first kappa shape index (κ1) is 20.7. The molecule has 1 aromatic rings. The van der Waals surface area contributed by atoms with E-state index in [-0.39, 0.29) is 29.8 Å². The predicted molar refractivity (Wildman–Crippen MR) is 92.0 cm³/mol. The van der Waals surface area contributed by atoms with Crippen LogP contribution in [0.25, 0.3) is 0 Å². The number of nitrogens with zero attached hydrogens (tertiary/aromatic N) is 1. The highest BCUT2D eigenvalue weighted by atomic mass is 32.2. The van der Waals surface area contributed by atoms with Gasteiger partial charge in [-0.15, -0.1) is 0 Å². The number of hydrogen-bond donors (Lipinski definition) is 1. The lowest BCUT2D eigenvalue weighted by atomic mass is 9.97. The topological polar surface area (TPSA) is 75.7 Å². The molecule has 0 bridgehead atoms. The molecule has 1 aliphatic rings. The number of hydrogen-bond acceptors (Lipinski definition) is 4. The molecule has 0 aromatic heterocycles. The number of carbonyl (C=O) groups is 1. The van der Waals surface area contributed by atoms with Crippen molar-refractivity contribution in [2.24, 2.45) is 5.92 Å². The molecule has 1 saturated heterocycles. The summed E-state index contributed by atoms with van der Waals surface area (Å²) in [6, 6.07) is 2.53. The Morgan fingerprint density at radius 1 is 1.27 bits per heavy atom. The Hall–Kier alpha value is -1.58. The van der Waals surface area contributed by atoms with Crippen molar-refractivity contribution in [1.29, 1.82) is 0 Å². The molecule has 1 aromatic carbocycles. The van der Waals surface area contributed by atoms with Gasteiger partial charge in [-0.3, -0.25) is 4.79 Å². The Kier molecular flexibility index (Phi) is 7.48. The minimum atomic E-state index is -3.90. The van der Waals surface area contributed by atoms with Crippen LogP contribution < -0.4 is 5.32 Å². The average Bonchev–Trinajstić information content (AvgIpc) is 2.63. The Morgan fingerprint density at radius 3 is 2.58 bits per heavy atom. The summed E-state index contributed by atoms with van der Waals surface area (Å²) < 4.78 is 57.8. The number of rotatable bonds is 8. The van der Waals surface area contributed by atoms with Crippen LogP contribution in [-0.2, 0) is 19.6 Å². The van der Waals surface area contributed by atoms with Gasteiger partial charge in [0.2, 0.25) is 15.9 Å². The lowest BCUT2D eigenvalue weighted by Gasteiger charge is -2.30. The number of piperidine rings is 1. The van der Waals surface area contributed by atoms with Crippen LogP contribution >= 0.6 is 0 Å². The van der Waals surface area contributed by atoms with E-state index < -0.39 is 21.7 Å². The number of carbonyl (C=O) groups excluding carboxylic acids is 1. The molecule has 2 rings (SSSR count). The van der Waals surface area contributed by atoms with Gasteiger partial charge in [0.05, 0.1) is 4.90 Å². The maximum Gasteiger partial charge on any atom is 0.243 e. The first-order valence-electron chi connectivity index (χ1n) is 8.67. The molecule has 26 heavy (non-hydrogen) atoms. The molecule has 1 fully saturated rings. The molecule has 9 heteroatoms. The molecule has 1 aliphatic heterocycles. The van der Waals surface area contributed by atoms with Crippen LogP contribution in [0.1, 0.15) is 26.2 Å². The minimum Gasteiger partial charge on any atom is -0.382 e. The molecule has 1 amide bonds. The summed E-state index contributed by atoms with van der Waals surface area (Å²) in [7, 11) is -3.90. The van der Waals surface area contributed by atoms with E-state index in [1.807, 2.05) is 6.92 Å². The lowest BCUT2D eigenvalue weighted by Crippen LogP contribution is -2.43. The average molecular weight is 390 g/mol. The van der Waals surface area contributed by atoms with Crippen LogP contribution in [0, 0.1) is 17.6 Å². The van der Waals surface area contributed by atoms with E-state index in [2.05, 4.69) is 5.32 Å². The first-order valence-corrected chi connectivity index (χ1v) is 10.1. The summed E-state index contributed by atoms with van der Waals surface area (Å²) in [5.41, 5.74) is 0. The van der Waals surface area contributed by atoms with E-state index in [1.165, 1.54) is 4.31 Å². The van der Waals surface area contributed by atoms with Crippen molar-refractivity contribution in [3.8, 4) is 0 Å². The number of ether oxygens (including phenoxy) is 1. The number of nitrogens with one attached hydrogen (secondary N) is 1. The maximum atomic E-state index is 13.3. The van der Waals surface area contributed by atoms with Gasteiger partial charge in [-0.1, -0.05) is 0 Å². The summed E-state index contributed by atoms with van der Waals surface area (Å²) in [5, 5.41) is 2.83.